The van der Waals surface area contributed by atoms with Crippen molar-refractivity contribution in [2.45, 2.75) is 25.4 Å². The van der Waals surface area contributed by atoms with E-state index in [9.17, 15) is 13.2 Å². The predicted molar refractivity (Wildman–Crippen MR) is 107 cm³/mol. The number of H-pyrrole nitrogens is 1. The molecular formula is C22H17ClF3N3. The molecule has 0 aliphatic heterocycles. The number of nitrogens with one attached hydrogen (secondary N) is 1. The molecule has 0 spiro atoms. The number of nitrogens with zero attached hydrogens (tertiary/aromatic N) is 2. The molecule has 3 aromatic heterocycles. The van der Waals surface area contributed by atoms with Crippen molar-refractivity contribution in [3.63, 3.8) is 0 Å². The minimum atomic E-state index is -4.30. The molecule has 0 radical (unpaired) electrons. The molecule has 1 N–H and O–H groups in total. The maximum Gasteiger partial charge on any atom is 0.416 e. The van der Waals surface area contributed by atoms with Crippen molar-refractivity contribution in [3.8, 4) is 0 Å². The second kappa shape index (κ2) is 7.87. The van der Waals surface area contributed by atoms with Crippen LogP contribution in [0.1, 0.15) is 27.9 Å². The lowest BCUT2D eigenvalue weighted by atomic mass is 10.0. The maximum absolute atomic E-state index is 12.6. The normalized spacial score (nSPS) is 11.9. The van der Waals surface area contributed by atoms with Gasteiger partial charge in [-0.25, -0.2) is 4.98 Å². The van der Waals surface area contributed by atoms with E-state index in [4.69, 9.17) is 11.6 Å². The van der Waals surface area contributed by atoms with E-state index in [1.165, 1.54) is 12.1 Å². The fraction of sp³-hybridized carbons (Fsp3) is 0.182. The summed E-state index contributed by atoms with van der Waals surface area (Å²) >= 11 is 6.04. The van der Waals surface area contributed by atoms with E-state index in [1.54, 1.807) is 6.20 Å². The van der Waals surface area contributed by atoms with Gasteiger partial charge in [-0.1, -0.05) is 29.8 Å². The lowest BCUT2D eigenvalue weighted by Crippen LogP contribution is -2.04. The number of benzene rings is 1. The quantitative estimate of drug-likeness (QED) is 0.434. The number of halogens is 4. The number of alkyl halides is 3. The molecule has 1 aromatic carbocycles. The van der Waals surface area contributed by atoms with Crippen molar-refractivity contribution in [1.29, 1.82) is 0 Å². The van der Waals surface area contributed by atoms with Crippen LogP contribution in [0.15, 0.2) is 61.1 Å². The Bertz CT molecular complexity index is 1120. The molecular weight excluding hydrogens is 399 g/mol. The first kappa shape index (κ1) is 19.5. The fourth-order valence-corrected chi connectivity index (χ4v) is 3.40. The van der Waals surface area contributed by atoms with Crippen molar-refractivity contribution < 1.29 is 13.2 Å². The van der Waals surface area contributed by atoms with Gasteiger partial charge in [0.1, 0.15) is 5.65 Å². The summed E-state index contributed by atoms with van der Waals surface area (Å²) in [7, 11) is 0. The SMILES string of the molecule is FC(F)(F)c1ccc(CCc2ccc(Cc3c[nH]c4ncc(Cl)cc34)cn2)cc1. The number of hydrogen-bond donors (Lipinski definition) is 1. The number of aryl methyl sites for hydroxylation is 2. The number of fused-ring (bicyclic) bond motifs is 1. The predicted octanol–water partition coefficient (Wildman–Crippen LogP) is 6.01. The highest BCUT2D eigenvalue weighted by atomic mass is 35.5. The highest BCUT2D eigenvalue weighted by Gasteiger charge is 2.29. The van der Waals surface area contributed by atoms with Crippen LogP contribution in [0, 0.1) is 0 Å². The zero-order valence-electron chi connectivity index (χ0n) is 15.3. The van der Waals surface area contributed by atoms with Crippen LogP contribution in [0.3, 0.4) is 0 Å². The minimum absolute atomic E-state index is 0.593. The lowest BCUT2D eigenvalue weighted by molar-refractivity contribution is -0.137. The topological polar surface area (TPSA) is 41.6 Å². The number of aromatic amines is 1. The van der Waals surface area contributed by atoms with Crippen LogP contribution in [-0.2, 0) is 25.4 Å². The van der Waals surface area contributed by atoms with Crippen LogP contribution >= 0.6 is 11.6 Å². The zero-order chi connectivity index (χ0) is 20.4. The number of rotatable bonds is 5. The van der Waals surface area contributed by atoms with Crippen molar-refractivity contribution in [1.82, 2.24) is 15.0 Å². The van der Waals surface area contributed by atoms with Crippen molar-refractivity contribution in [2.75, 3.05) is 0 Å². The van der Waals surface area contributed by atoms with E-state index >= 15 is 0 Å². The van der Waals surface area contributed by atoms with Crippen molar-refractivity contribution in [3.05, 3.63) is 94.0 Å². The summed E-state index contributed by atoms with van der Waals surface area (Å²) in [6.45, 7) is 0. The maximum atomic E-state index is 12.6. The van der Waals surface area contributed by atoms with Crippen LogP contribution in [0.25, 0.3) is 11.0 Å². The highest BCUT2D eigenvalue weighted by molar-refractivity contribution is 6.31. The monoisotopic (exact) mass is 415 g/mol. The Morgan fingerprint density at radius 3 is 2.34 bits per heavy atom. The van der Waals surface area contributed by atoms with Gasteiger partial charge in [0.2, 0.25) is 0 Å². The van der Waals surface area contributed by atoms with E-state index in [1.807, 2.05) is 30.6 Å². The van der Waals surface area contributed by atoms with Crippen LogP contribution < -0.4 is 0 Å². The smallest absolute Gasteiger partial charge is 0.346 e. The van der Waals surface area contributed by atoms with Gasteiger partial charge < -0.3 is 4.98 Å². The fourth-order valence-electron chi connectivity index (χ4n) is 3.24. The van der Waals surface area contributed by atoms with Gasteiger partial charge in [0.15, 0.2) is 0 Å². The average Bonchev–Trinajstić information content (AvgIpc) is 3.09. The Morgan fingerprint density at radius 2 is 1.66 bits per heavy atom. The highest BCUT2D eigenvalue weighted by Crippen LogP contribution is 2.29. The standard InChI is InChI=1S/C22H17ClF3N3/c23-18-10-20-16(12-28-21(20)29-13-18)9-15-4-8-19(27-11-15)7-3-14-1-5-17(6-2-14)22(24,25)26/h1-2,4-6,8,10-13H,3,7,9H2,(H,28,29). The Balaban J connectivity index is 1.39. The van der Waals surface area contributed by atoms with Gasteiger partial charge in [-0.2, -0.15) is 13.2 Å². The molecule has 0 saturated heterocycles. The molecule has 3 nitrogen and oxygen atoms in total. The van der Waals surface area contributed by atoms with Crippen molar-refractivity contribution >= 4 is 22.6 Å². The van der Waals surface area contributed by atoms with Gasteiger partial charge in [0.05, 0.1) is 10.6 Å². The molecule has 29 heavy (non-hydrogen) atoms. The molecule has 0 bridgehead atoms. The molecule has 0 fully saturated rings. The molecule has 0 amide bonds. The largest absolute Gasteiger partial charge is 0.416 e. The van der Waals surface area contributed by atoms with Crippen LogP contribution in [0.5, 0.6) is 0 Å². The van der Waals surface area contributed by atoms with E-state index in [2.05, 4.69) is 15.0 Å². The van der Waals surface area contributed by atoms with E-state index in [0.717, 1.165) is 45.6 Å². The summed E-state index contributed by atoms with van der Waals surface area (Å²) in [4.78, 5) is 11.9. The second-order valence-corrected chi connectivity index (χ2v) is 7.33. The van der Waals surface area contributed by atoms with Gasteiger partial charge in [0.25, 0.3) is 0 Å². The third-order valence-corrected chi connectivity index (χ3v) is 5.02. The molecule has 148 valence electrons. The third kappa shape index (κ3) is 4.59. The molecule has 0 atom stereocenters. The summed E-state index contributed by atoms with van der Waals surface area (Å²) in [6.07, 6.45) is 3.06. The van der Waals surface area contributed by atoms with Crippen LogP contribution in [0.2, 0.25) is 5.02 Å². The summed E-state index contributed by atoms with van der Waals surface area (Å²) in [6, 6.07) is 11.1. The summed E-state index contributed by atoms with van der Waals surface area (Å²) < 4.78 is 37.9. The summed E-state index contributed by atoms with van der Waals surface area (Å²) in [5.74, 6) is 0. The first-order chi connectivity index (χ1) is 13.9. The molecule has 0 saturated carbocycles. The summed E-state index contributed by atoms with van der Waals surface area (Å²) in [5.41, 5.74) is 4.07. The van der Waals surface area contributed by atoms with Gasteiger partial charge in [0, 0.05) is 36.1 Å². The second-order valence-electron chi connectivity index (χ2n) is 6.89. The Labute approximate surface area is 170 Å². The van der Waals surface area contributed by atoms with Gasteiger partial charge in [-0.05, 0) is 53.8 Å². The Morgan fingerprint density at radius 1 is 0.897 bits per heavy atom. The van der Waals surface area contributed by atoms with E-state index in [-0.39, 0.29) is 0 Å². The van der Waals surface area contributed by atoms with E-state index < -0.39 is 11.7 Å². The molecule has 0 aliphatic carbocycles. The third-order valence-electron chi connectivity index (χ3n) is 4.82. The van der Waals surface area contributed by atoms with Gasteiger partial charge >= 0.3 is 6.18 Å². The van der Waals surface area contributed by atoms with Gasteiger partial charge in [-0.3, -0.25) is 4.98 Å². The average molecular weight is 416 g/mol. The number of pyridine rings is 2. The minimum Gasteiger partial charge on any atom is -0.346 e. The Kier molecular flexibility index (Phi) is 5.28. The number of aromatic nitrogens is 3. The van der Waals surface area contributed by atoms with Gasteiger partial charge in [-0.15, -0.1) is 0 Å². The molecule has 0 unspecified atom stereocenters. The number of hydrogen-bond acceptors (Lipinski definition) is 2. The first-order valence-electron chi connectivity index (χ1n) is 9.10. The van der Waals surface area contributed by atoms with Crippen molar-refractivity contribution in [2.24, 2.45) is 0 Å². The van der Waals surface area contributed by atoms with Crippen LogP contribution in [-0.4, -0.2) is 15.0 Å². The molecule has 7 heteroatoms. The Hall–Kier alpha value is -2.86. The lowest BCUT2D eigenvalue weighted by Gasteiger charge is -2.08. The molecule has 4 aromatic rings. The molecule has 0 aliphatic rings. The first-order valence-corrected chi connectivity index (χ1v) is 9.48. The van der Waals surface area contributed by atoms with E-state index in [0.29, 0.717) is 24.3 Å². The summed E-state index contributed by atoms with van der Waals surface area (Å²) in [5, 5.41) is 1.58. The van der Waals surface area contributed by atoms with Crippen LogP contribution in [0.4, 0.5) is 13.2 Å². The zero-order valence-corrected chi connectivity index (χ0v) is 16.1. The molecule has 4 rings (SSSR count). The molecule has 3 heterocycles.